The molecule has 2 aromatic carbocycles. The molecule has 2 aliphatic carbocycles. The predicted octanol–water partition coefficient (Wildman–Crippen LogP) is 7.67. The van der Waals surface area contributed by atoms with Crippen molar-refractivity contribution in [1.82, 2.24) is 0 Å². The van der Waals surface area contributed by atoms with Crippen LogP contribution in [0.4, 0.5) is 4.39 Å². The Kier molecular flexibility index (Phi) is 7.48. The normalized spacial score (nSPS) is 24.9. The molecular formula is C30H33FO. The summed E-state index contributed by atoms with van der Waals surface area (Å²) in [6, 6.07) is 13.6. The van der Waals surface area contributed by atoms with Gasteiger partial charge in [-0.3, -0.25) is 0 Å². The van der Waals surface area contributed by atoms with Crippen LogP contribution in [-0.4, -0.2) is 6.61 Å². The Morgan fingerprint density at radius 2 is 1.69 bits per heavy atom. The number of hydrogen-bond donors (Lipinski definition) is 0. The Hall–Kier alpha value is -2.79. The summed E-state index contributed by atoms with van der Waals surface area (Å²) < 4.78 is 19.6. The van der Waals surface area contributed by atoms with Crippen molar-refractivity contribution in [2.24, 2.45) is 17.8 Å². The summed E-state index contributed by atoms with van der Waals surface area (Å²) in [5, 5.41) is 0. The van der Waals surface area contributed by atoms with Gasteiger partial charge in [-0.1, -0.05) is 42.2 Å². The van der Waals surface area contributed by atoms with E-state index in [0.717, 1.165) is 23.3 Å². The first-order valence-electron chi connectivity index (χ1n) is 11.9. The third-order valence-corrected chi connectivity index (χ3v) is 7.22. The summed E-state index contributed by atoms with van der Waals surface area (Å²) >= 11 is 0. The molecule has 0 bridgehead atoms. The van der Waals surface area contributed by atoms with E-state index in [4.69, 9.17) is 4.74 Å². The van der Waals surface area contributed by atoms with E-state index in [2.05, 4.69) is 48.8 Å². The molecule has 1 nitrogen and oxygen atoms in total. The number of halogens is 1. The van der Waals surface area contributed by atoms with E-state index < -0.39 is 0 Å². The Labute approximate surface area is 192 Å². The average molecular weight is 429 g/mol. The third-order valence-electron chi connectivity index (χ3n) is 7.22. The molecule has 2 fully saturated rings. The summed E-state index contributed by atoms with van der Waals surface area (Å²) in [5.74, 6) is 9.30. The minimum absolute atomic E-state index is 0.255. The molecule has 0 amide bonds. The third kappa shape index (κ3) is 5.52. The molecule has 0 aliphatic heterocycles. The summed E-state index contributed by atoms with van der Waals surface area (Å²) in [7, 11) is 0. The van der Waals surface area contributed by atoms with E-state index in [9.17, 15) is 4.39 Å². The van der Waals surface area contributed by atoms with Gasteiger partial charge in [-0.05, 0) is 105 Å². The topological polar surface area (TPSA) is 9.23 Å². The van der Waals surface area contributed by atoms with Crippen molar-refractivity contribution in [2.45, 2.75) is 51.4 Å². The zero-order chi connectivity index (χ0) is 22.3. The van der Waals surface area contributed by atoms with Crippen LogP contribution < -0.4 is 4.74 Å². The first kappa shape index (κ1) is 22.4. The fraction of sp³-hybridized carbons (Fsp3) is 0.400. The molecule has 2 aromatic rings. The highest BCUT2D eigenvalue weighted by atomic mass is 19.1. The minimum atomic E-state index is -0.380. The lowest BCUT2D eigenvalue weighted by Crippen LogP contribution is -2.29. The highest BCUT2D eigenvalue weighted by Crippen LogP contribution is 2.47. The molecule has 0 spiro atoms. The second kappa shape index (κ2) is 10.7. The molecular weight excluding hydrogens is 395 g/mol. The van der Waals surface area contributed by atoms with Gasteiger partial charge >= 0.3 is 0 Å². The summed E-state index contributed by atoms with van der Waals surface area (Å²) in [4.78, 5) is 0. The number of ether oxygens (including phenoxy) is 1. The number of rotatable bonds is 5. The van der Waals surface area contributed by atoms with E-state index in [0.29, 0.717) is 18.1 Å². The number of benzene rings is 2. The summed E-state index contributed by atoms with van der Waals surface area (Å²) in [6.07, 6.45) is 13.9. The number of hydrogen-bond acceptors (Lipinski definition) is 1. The fourth-order valence-electron chi connectivity index (χ4n) is 5.35. The minimum Gasteiger partial charge on any atom is -0.486 e. The van der Waals surface area contributed by atoms with Crippen LogP contribution in [0.5, 0.6) is 5.75 Å². The van der Waals surface area contributed by atoms with Gasteiger partial charge in [0, 0.05) is 11.1 Å². The van der Waals surface area contributed by atoms with Gasteiger partial charge in [0.15, 0.2) is 11.6 Å². The van der Waals surface area contributed by atoms with Crippen LogP contribution in [0.15, 0.2) is 67.3 Å². The van der Waals surface area contributed by atoms with E-state index in [1.165, 1.54) is 50.2 Å². The van der Waals surface area contributed by atoms with Crippen molar-refractivity contribution in [3.05, 3.63) is 89.8 Å². The summed E-state index contributed by atoms with van der Waals surface area (Å²) in [6.45, 7) is 6.28. The van der Waals surface area contributed by atoms with Crippen molar-refractivity contribution >= 4 is 0 Å². The molecule has 4 unspecified atom stereocenters. The standard InChI is InChI=1S/C30H33FO/c1-3-5-18-32-30-17-11-24(20-29(30)31)7-6-23-9-12-25(13-10-23)27-16-15-26-19-22(4-2)8-14-28(26)21-27/h3-5,9-13,17,20,22,26-28H,2,8,14-16,18-19,21H2,1H3/b5-3+. The van der Waals surface area contributed by atoms with Crippen molar-refractivity contribution in [3.63, 3.8) is 0 Å². The van der Waals surface area contributed by atoms with Crippen LogP contribution in [-0.2, 0) is 0 Å². The zero-order valence-corrected chi connectivity index (χ0v) is 19.0. The molecule has 4 atom stereocenters. The highest BCUT2D eigenvalue weighted by Gasteiger charge is 2.35. The lowest BCUT2D eigenvalue weighted by Gasteiger charge is -2.41. The van der Waals surface area contributed by atoms with Gasteiger partial charge in [0.1, 0.15) is 6.61 Å². The van der Waals surface area contributed by atoms with Gasteiger partial charge < -0.3 is 4.74 Å². The molecule has 2 saturated carbocycles. The number of allylic oxidation sites excluding steroid dienone is 2. The monoisotopic (exact) mass is 428 g/mol. The molecule has 166 valence electrons. The molecule has 4 rings (SSSR count). The second-order valence-corrected chi connectivity index (χ2v) is 9.24. The molecule has 0 aromatic heterocycles. The maximum absolute atomic E-state index is 14.2. The molecule has 2 aliphatic rings. The predicted molar refractivity (Wildman–Crippen MR) is 130 cm³/mol. The van der Waals surface area contributed by atoms with Gasteiger partial charge in [-0.15, -0.1) is 6.58 Å². The molecule has 0 heterocycles. The Bertz CT molecular complexity index is 1010. The van der Waals surface area contributed by atoms with Crippen molar-refractivity contribution in [2.75, 3.05) is 6.61 Å². The van der Waals surface area contributed by atoms with Crippen LogP contribution in [0, 0.1) is 35.4 Å². The van der Waals surface area contributed by atoms with E-state index in [1.807, 2.05) is 19.1 Å². The van der Waals surface area contributed by atoms with Crippen LogP contribution in [0.3, 0.4) is 0 Å². The van der Waals surface area contributed by atoms with Crippen molar-refractivity contribution < 1.29 is 9.13 Å². The SMILES string of the molecule is C=CC1CCC2CC(c3ccc(C#Cc4ccc(OC/C=C/C)c(F)c4)cc3)CCC2C1. The van der Waals surface area contributed by atoms with Crippen molar-refractivity contribution in [1.29, 1.82) is 0 Å². The lowest BCUT2D eigenvalue weighted by atomic mass is 9.64. The average Bonchev–Trinajstić information content (AvgIpc) is 2.83. The van der Waals surface area contributed by atoms with Gasteiger partial charge in [-0.25, -0.2) is 4.39 Å². The first-order chi connectivity index (χ1) is 15.7. The van der Waals surface area contributed by atoms with Crippen LogP contribution in [0.1, 0.15) is 68.1 Å². The lowest BCUT2D eigenvalue weighted by molar-refractivity contribution is 0.133. The van der Waals surface area contributed by atoms with Gasteiger partial charge in [0.05, 0.1) is 0 Å². The molecule has 0 N–H and O–H groups in total. The number of fused-ring (bicyclic) bond motifs is 1. The largest absolute Gasteiger partial charge is 0.486 e. The van der Waals surface area contributed by atoms with E-state index in [1.54, 1.807) is 12.1 Å². The zero-order valence-electron chi connectivity index (χ0n) is 19.0. The van der Waals surface area contributed by atoms with Gasteiger partial charge in [-0.2, -0.15) is 0 Å². The second-order valence-electron chi connectivity index (χ2n) is 9.24. The Balaban J connectivity index is 1.36. The quantitative estimate of drug-likeness (QED) is 0.351. The van der Waals surface area contributed by atoms with Gasteiger partial charge in [0.25, 0.3) is 0 Å². The Morgan fingerprint density at radius 3 is 2.44 bits per heavy atom. The Morgan fingerprint density at radius 1 is 0.969 bits per heavy atom. The van der Waals surface area contributed by atoms with Crippen LogP contribution >= 0.6 is 0 Å². The first-order valence-corrected chi connectivity index (χ1v) is 11.9. The van der Waals surface area contributed by atoms with Crippen LogP contribution in [0.2, 0.25) is 0 Å². The molecule has 0 radical (unpaired) electrons. The maximum Gasteiger partial charge on any atom is 0.166 e. The van der Waals surface area contributed by atoms with Crippen molar-refractivity contribution in [3.8, 4) is 17.6 Å². The molecule has 0 saturated heterocycles. The molecule has 2 heteroatoms. The van der Waals surface area contributed by atoms with Crippen LogP contribution in [0.25, 0.3) is 0 Å². The highest BCUT2D eigenvalue weighted by molar-refractivity contribution is 5.45. The van der Waals surface area contributed by atoms with Gasteiger partial charge in [0.2, 0.25) is 0 Å². The summed E-state index contributed by atoms with van der Waals surface area (Å²) in [5.41, 5.74) is 3.05. The van der Waals surface area contributed by atoms with E-state index in [-0.39, 0.29) is 11.6 Å². The maximum atomic E-state index is 14.2. The fourth-order valence-corrected chi connectivity index (χ4v) is 5.35. The van der Waals surface area contributed by atoms with E-state index >= 15 is 0 Å². The smallest absolute Gasteiger partial charge is 0.166 e. The molecule has 32 heavy (non-hydrogen) atoms.